The van der Waals surface area contributed by atoms with Gasteiger partial charge in [0, 0.05) is 15.3 Å². The maximum Gasteiger partial charge on any atom is 0.263 e. The van der Waals surface area contributed by atoms with Crippen molar-refractivity contribution in [2.45, 2.75) is 32.1 Å². The van der Waals surface area contributed by atoms with E-state index >= 15 is 0 Å². The minimum Gasteiger partial charge on any atom is -0.279 e. The van der Waals surface area contributed by atoms with E-state index in [9.17, 15) is 8.42 Å². The van der Waals surface area contributed by atoms with Crippen molar-refractivity contribution < 1.29 is 8.42 Å². The second-order valence-electron chi connectivity index (χ2n) is 5.58. The second kappa shape index (κ2) is 7.07. The lowest BCUT2D eigenvalue weighted by atomic mass is 10.2. The largest absolute Gasteiger partial charge is 0.279 e. The highest BCUT2D eigenvalue weighted by Crippen LogP contribution is 2.35. The average molecular weight is 413 g/mol. The van der Waals surface area contributed by atoms with E-state index in [0.29, 0.717) is 10.7 Å². The van der Waals surface area contributed by atoms with Crippen molar-refractivity contribution in [3.63, 3.8) is 0 Å². The molecule has 0 atom stereocenters. The van der Waals surface area contributed by atoms with Gasteiger partial charge in [0.15, 0.2) is 0 Å². The molecule has 4 nitrogen and oxygen atoms in total. The second-order valence-corrected chi connectivity index (χ2v) is 9.86. The van der Waals surface area contributed by atoms with Gasteiger partial charge in [-0.15, -0.1) is 22.7 Å². The van der Waals surface area contributed by atoms with E-state index in [2.05, 4.69) is 16.6 Å². The molecule has 0 bridgehead atoms. The molecule has 8 heteroatoms. The van der Waals surface area contributed by atoms with Gasteiger partial charge >= 0.3 is 0 Å². The fourth-order valence-corrected chi connectivity index (χ4v) is 6.12. The molecule has 0 aliphatic heterocycles. The van der Waals surface area contributed by atoms with Gasteiger partial charge in [-0.25, -0.2) is 13.4 Å². The Morgan fingerprint density at radius 3 is 2.64 bits per heavy atom. The number of nitrogens with zero attached hydrogens (tertiary/aromatic N) is 1. The smallest absolute Gasteiger partial charge is 0.263 e. The number of thiazole rings is 1. The molecule has 1 aromatic carbocycles. The van der Waals surface area contributed by atoms with Crippen LogP contribution in [0, 0.1) is 13.8 Å². The number of thiophene rings is 1. The lowest BCUT2D eigenvalue weighted by Crippen LogP contribution is -2.13. The van der Waals surface area contributed by atoms with Gasteiger partial charge < -0.3 is 0 Å². The maximum absolute atomic E-state index is 12.8. The lowest BCUT2D eigenvalue weighted by molar-refractivity contribution is 0.601. The molecule has 25 heavy (non-hydrogen) atoms. The molecule has 1 N–H and O–H groups in total. The van der Waals surface area contributed by atoms with Crippen LogP contribution in [0.25, 0.3) is 10.6 Å². The standard InChI is InChI=1S/C17H17ClN2O2S3/c1-4-17-19-14(9-23-17)15-8-16(11(3)24-15)25(21,22)20-13-6-5-12(18)7-10(13)2/h5-9,20H,4H2,1-3H3. The van der Waals surface area contributed by atoms with Gasteiger partial charge in [-0.3, -0.25) is 4.72 Å². The van der Waals surface area contributed by atoms with E-state index in [4.69, 9.17) is 11.6 Å². The molecule has 2 aromatic heterocycles. The van der Waals surface area contributed by atoms with Crippen LogP contribution in [0.1, 0.15) is 22.4 Å². The number of rotatable bonds is 5. The van der Waals surface area contributed by atoms with Gasteiger partial charge in [-0.05, 0) is 50.1 Å². The summed E-state index contributed by atoms with van der Waals surface area (Å²) in [5.74, 6) is 0. The normalized spacial score (nSPS) is 11.7. The molecular formula is C17H17ClN2O2S3. The van der Waals surface area contributed by atoms with Crippen LogP contribution >= 0.6 is 34.3 Å². The number of benzene rings is 1. The quantitative estimate of drug-likeness (QED) is 0.601. The first kappa shape index (κ1) is 18.4. The third-order valence-corrected chi connectivity index (χ3v) is 7.62. The van der Waals surface area contributed by atoms with E-state index in [1.165, 1.54) is 11.3 Å². The third-order valence-electron chi connectivity index (χ3n) is 3.70. The topological polar surface area (TPSA) is 59.1 Å². The van der Waals surface area contributed by atoms with Crippen LogP contribution in [-0.2, 0) is 16.4 Å². The molecule has 0 radical (unpaired) electrons. The first-order valence-electron chi connectivity index (χ1n) is 7.64. The highest BCUT2D eigenvalue weighted by Gasteiger charge is 2.22. The summed E-state index contributed by atoms with van der Waals surface area (Å²) in [5.41, 5.74) is 2.13. The summed E-state index contributed by atoms with van der Waals surface area (Å²) in [5, 5.41) is 3.59. The van der Waals surface area contributed by atoms with Crippen LogP contribution in [0.15, 0.2) is 34.5 Å². The van der Waals surface area contributed by atoms with Crippen molar-refractivity contribution in [2.75, 3.05) is 4.72 Å². The molecule has 132 valence electrons. The molecule has 0 amide bonds. The van der Waals surface area contributed by atoms with Crippen molar-refractivity contribution >= 4 is 50.0 Å². The average Bonchev–Trinajstić information content (AvgIpc) is 3.16. The molecule has 0 unspecified atom stereocenters. The van der Waals surface area contributed by atoms with Crippen LogP contribution in [0.3, 0.4) is 0 Å². The van der Waals surface area contributed by atoms with Crippen LogP contribution in [-0.4, -0.2) is 13.4 Å². The van der Waals surface area contributed by atoms with Gasteiger partial charge in [-0.2, -0.15) is 0 Å². The lowest BCUT2D eigenvalue weighted by Gasteiger charge is -2.10. The zero-order chi connectivity index (χ0) is 18.2. The number of sulfonamides is 1. The molecule has 0 aliphatic rings. The van der Waals surface area contributed by atoms with Gasteiger partial charge in [0.1, 0.15) is 4.90 Å². The van der Waals surface area contributed by atoms with Gasteiger partial charge in [0.2, 0.25) is 0 Å². The van der Waals surface area contributed by atoms with Crippen LogP contribution in [0.4, 0.5) is 5.69 Å². The summed E-state index contributed by atoms with van der Waals surface area (Å²) in [6, 6.07) is 6.76. The van der Waals surface area contributed by atoms with E-state index in [1.54, 1.807) is 35.6 Å². The molecule has 3 aromatic rings. The number of halogens is 1. The molecule has 0 fully saturated rings. The van der Waals surface area contributed by atoms with Crippen LogP contribution in [0.5, 0.6) is 0 Å². The van der Waals surface area contributed by atoms with Crippen molar-refractivity contribution in [3.8, 4) is 10.6 Å². The highest BCUT2D eigenvalue weighted by atomic mass is 35.5. The van der Waals surface area contributed by atoms with Crippen molar-refractivity contribution in [2.24, 2.45) is 0 Å². The van der Waals surface area contributed by atoms with E-state index in [0.717, 1.165) is 32.4 Å². The van der Waals surface area contributed by atoms with E-state index in [1.807, 2.05) is 19.2 Å². The van der Waals surface area contributed by atoms with Crippen molar-refractivity contribution in [1.82, 2.24) is 4.98 Å². The molecule has 0 aliphatic carbocycles. The number of nitrogens with one attached hydrogen (secondary N) is 1. The van der Waals surface area contributed by atoms with Crippen LogP contribution < -0.4 is 4.72 Å². The van der Waals surface area contributed by atoms with Gasteiger partial charge in [0.25, 0.3) is 10.0 Å². The number of hydrogen-bond donors (Lipinski definition) is 1. The zero-order valence-corrected chi connectivity index (χ0v) is 17.2. The molecule has 0 spiro atoms. The molecule has 0 saturated heterocycles. The van der Waals surface area contributed by atoms with Gasteiger partial charge in [-0.1, -0.05) is 18.5 Å². The summed E-state index contributed by atoms with van der Waals surface area (Å²) in [6.07, 6.45) is 0.873. The Bertz CT molecular complexity index is 1020. The first-order chi connectivity index (χ1) is 11.8. The molecular weight excluding hydrogens is 396 g/mol. The Labute approximate surface area is 160 Å². The maximum atomic E-state index is 12.8. The summed E-state index contributed by atoms with van der Waals surface area (Å²) >= 11 is 8.96. The minimum absolute atomic E-state index is 0.285. The highest BCUT2D eigenvalue weighted by molar-refractivity contribution is 7.93. The third kappa shape index (κ3) is 3.89. The fraction of sp³-hybridized carbons (Fsp3) is 0.235. The van der Waals surface area contributed by atoms with Crippen LogP contribution in [0.2, 0.25) is 5.02 Å². The minimum atomic E-state index is -3.67. The number of anilines is 1. The van der Waals surface area contributed by atoms with E-state index in [-0.39, 0.29) is 4.90 Å². The number of hydrogen-bond acceptors (Lipinski definition) is 5. The fourth-order valence-electron chi connectivity index (χ4n) is 2.39. The number of aromatic nitrogens is 1. The Morgan fingerprint density at radius 1 is 1.24 bits per heavy atom. The molecule has 3 rings (SSSR count). The first-order valence-corrected chi connectivity index (χ1v) is 11.2. The Morgan fingerprint density at radius 2 is 2.00 bits per heavy atom. The monoisotopic (exact) mass is 412 g/mol. The summed E-state index contributed by atoms with van der Waals surface area (Å²) in [4.78, 5) is 6.43. The Hall–Kier alpha value is -1.41. The predicted molar refractivity (Wildman–Crippen MR) is 107 cm³/mol. The summed E-state index contributed by atoms with van der Waals surface area (Å²) in [6.45, 7) is 5.68. The number of aryl methyl sites for hydroxylation is 3. The summed E-state index contributed by atoms with van der Waals surface area (Å²) < 4.78 is 28.3. The SMILES string of the molecule is CCc1nc(-c2cc(S(=O)(=O)Nc3ccc(Cl)cc3C)c(C)s2)cs1. The van der Waals surface area contributed by atoms with Gasteiger partial charge in [0.05, 0.1) is 21.3 Å². The molecule has 2 heterocycles. The Balaban J connectivity index is 1.94. The van der Waals surface area contributed by atoms with Crippen molar-refractivity contribution in [3.05, 3.63) is 50.1 Å². The van der Waals surface area contributed by atoms with E-state index < -0.39 is 10.0 Å². The molecule has 0 saturated carbocycles. The zero-order valence-electron chi connectivity index (χ0n) is 14.0. The summed E-state index contributed by atoms with van der Waals surface area (Å²) in [7, 11) is -3.67. The Kier molecular flexibility index (Phi) is 5.20. The predicted octanol–water partition coefficient (Wildman–Crippen LogP) is 5.51. The van der Waals surface area contributed by atoms with Crippen molar-refractivity contribution in [1.29, 1.82) is 0 Å².